The number of nitrogens with zero attached hydrogens (tertiary/aromatic N) is 2. The zero-order valence-corrected chi connectivity index (χ0v) is 13.0. The summed E-state index contributed by atoms with van der Waals surface area (Å²) in [4.78, 5) is 16.6. The second-order valence-corrected chi connectivity index (χ2v) is 5.76. The van der Waals surface area contributed by atoms with Gasteiger partial charge in [0.15, 0.2) is 0 Å². The van der Waals surface area contributed by atoms with Gasteiger partial charge >= 0.3 is 0 Å². The lowest BCUT2D eigenvalue weighted by Gasteiger charge is -2.36. The van der Waals surface area contributed by atoms with Crippen molar-refractivity contribution in [1.82, 2.24) is 4.90 Å². The fourth-order valence-corrected chi connectivity index (χ4v) is 2.87. The van der Waals surface area contributed by atoms with E-state index in [2.05, 4.69) is 4.90 Å². The van der Waals surface area contributed by atoms with Crippen LogP contribution < -0.4 is 10.6 Å². The molecule has 1 aliphatic rings. The van der Waals surface area contributed by atoms with Crippen molar-refractivity contribution in [3.05, 3.63) is 59.1 Å². The number of hydrogen-bond acceptors (Lipinski definition) is 3. The van der Waals surface area contributed by atoms with Crippen molar-refractivity contribution in [3.63, 3.8) is 0 Å². The largest absolute Gasteiger partial charge is 0.399 e. The highest BCUT2D eigenvalue weighted by molar-refractivity contribution is 6.33. The smallest absolute Gasteiger partial charge is 0.255 e. The van der Waals surface area contributed by atoms with Gasteiger partial charge in [-0.3, -0.25) is 4.79 Å². The number of carbonyl (C=O) groups excluding carboxylic acids is 1. The SMILES string of the molecule is Nc1ccc(N2CCN(C(=O)c3ccccc3Cl)CC2)cc1. The second-order valence-electron chi connectivity index (χ2n) is 5.35. The third kappa shape index (κ3) is 3.02. The number of benzene rings is 2. The van der Waals surface area contributed by atoms with Crippen LogP contribution in [0.25, 0.3) is 0 Å². The van der Waals surface area contributed by atoms with Crippen LogP contribution in [0.1, 0.15) is 10.4 Å². The van der Waals surface area contributed by atoms with E-state index in [1.807, 2.05) is 41.3 Å². The minimum atomic E-state index is 0.00237. The van der Waals surface area contributed by atoms with E-state index in [0.29, 0.717) is 23.7 Å². The maximum absolute atomic E-state index is 12.5. The molecule has 1 saturated heterocycles. The molecule has 4 nitrogen and oxygen atoms in total. The molecule has 0 unspecified atom stereocenters. The number of amides is 1. The van der Waals surface area contributed by atoms with Gasteiger partial charge in [-0.2, -0.15) is 0 Å². The Morgan fingerprint density at radius 2 is 1.59 bits per heavy atom. The maximum Gasteiger partial charge on any atom is 0.255 e. The van der Waals surface area contributed by atoms with E-state index >= 15 is 0 Å². The van der Waals surface area contributed by atoms with Crippen LogP contribution in [0.5, 0.6) is 0 Å². The average molecular weight is 316 g/mol. The van der Waals surface area contributed by atoms with Crippen molar-refractivity contribution in [1.29, 1.82) is 0 Å². The van der Waals surface area contributed by atoms with Crippen molar-refractivity contribution in [2.45, 2.75) is 0 Å². The van der Waals surface area contributed by atoms with Gasteiger partial charge in [0.1, 0.15) is 0 Å². The molecule has 22 heavy (non-hydrogen) atoms. The molecule has 0 spiro atoms. The Morgan fingerprint density at radius 1 is 0.955 bits per heavy atom. The Labute approximate surface area is 135 Å². The van der Waals surface area contributed by atoms with Gasteiger partial charge in [-0.15, -0.1) is 0 Å². The zero-order valence-electron chi connectivity index (χ0n) is 12.2. The van der Waals surface area contributed by atoms with Crippen LogP contribution in [0.3, 0.4) is 0 Å². The molecule has 2 aromatic rings. The van der Waals surface area contributed by atoms with Crippen molar-refractivity contribution >= 4 is 28.9 Å². The number of nitrogens with two attached hydrogens (primary N) is 1. The molecule has 0 atom stereocenters. The molecule has 1 amide bonds. The summed E-state index contributed by atoms with van der Waals surface area (Å²) in [6, 6.07) is 15.0. The topological polar surface area (TPSA) is 49.6 Å². The monoisotopic (exact) mass is 315 g/mol. The van der Waals surface area contributed by atoms with Gasteiger partial charge in [0.05, 0.1) is 10.6 Å². The van der Waals surface area contributed by atoms with Gasteiger partial charge in [-0.25, -0.2) is 0 Å². The van der Waals surface area contributed by atoms with Gasteiger partial charge in [-0.05, 0) is 36.4 Å². The summed E-state index contributed by atoms with van der Waals surface area (Å²) in [7, 11) is 0. The van der Waals surface area contributed by atoms with E-state index in [1.165, 1.54) is 0 Å². The minimum absolute atomic E-state index is 0.00237. The number of piperazine rings is 1. The Morgan fingerprint density at radius 3 is 2.23 bits per heavy atom. The average Bonchev–Trinajstić information content (AvgIpc) is 2.56. The molecule has 0 aromatic heterocycles. The van der Waals surface area contributed by atoms with Gasteiger partial charge in [0.25, 0.3) is 5.91 Å². The van der Waals surface area contributed by atoms with Gasteiger partial charge in [-0.1, -0.05) is 23.7 Å². The van der Waals surface area contributed by atoms with E-state index in [4.69, 9.17) is 17.3 Å². The van der Waals surface area contributed by atoms with Gasteiger partial charge in [0.2, 0.25) is 0 Å². The molecule has 1 heterocycles. The molecule has 3 rings (SSSR count). The van der Waals surface area contributed by atoms with Crippen molar-refractivity contribution in [2.75, 3.05) is 36.8 Å². The number of anilines is 2. The summed E-state index contributed by atoms with van der Waals surface area (Å²) < 4.78 is 0. The van der Waals surface area contributed by atoms with E-state index in [9.17, 15) is 4.79 Å². The van der Waals surface area contributed by atoms with Crippen molar-refractivity contribution in [2.24, 2.45) is 0 Å². The molecule has 2 aromatic carbocycles. The Balaban J connectivity index is 1.65. The third-order valence-electron chi connectivity index (χ3n) is 3.93. The summed E-state index contributed by atoms with van der Waals surface area (Å²) in [6.07, 6.45) is 0. The van der Waals surface area contributed by atoms with Crippen LogP contribution in [0.4, 0.5) is 11.4 Å². The zero-order chi connectivity index (χ0) is 15.5. The van der Waals surface area contributed by atoms with E-state index in [1.54, 1.807) is 12.1 Å². The first kappa shape index (κ1) is 14.7. The number of hydrogen-bond donors (Lipinski definition) is 1. The van der Waals surface area contributed by atoms with Crippen LogP contribution in [0, 0.1) is 0 Å². The summed E-state index contributed by atoms with van der Waals surface area (Å²) in [5.41, 5.74) is 8.19. The fourth-order valence-electron chi connectivity index (χ4n) is 2.66. The molecular weight excluding hydrogens is 298 g/mol. The van der Waals surface area contributed by atoms with E-state index < -0.39 is 0 Å². The highest BCUT2D eigenvalue weighted by atomic mass is 35.5. The molecule has 114 valence electrons. The first-order valence-electron chi connectivity index (χ1n) is 7.29. The lowest BCUT2D eigenvalue weighted by Crippen LogP contribution is -2.48. The number of rotatable bonds is 2. The Hall–Kier alpha value is -2.20. The lowest BCUT2D eigenvalue weighted by atomic mass is 10.1. The van der Waals surface area contributed by atoms with E-state index in [0.717, 1.165) is 24.5 Å². The predicted octanol–water partition coefficient (Wildman–Crippen LogP) is 2.88. The molecule has 2 N–H and O–H groups in total. The normalized spacial score (nSPS) is 15.0. The molecule has 1 aliphatic heterocycles. The minimum Gasteiger partial charge on any atom is -0.399 e. The molecule has 0 radical (unpaired) electrons. The summed E-state index contributed by atoms with van der Waals surface area (Å²) in [5, 5.41) is 0.508. The predicted molar refractivity (Wildman–Crippen MR) is 90.4 cm³/mol. The summed E-state index contributed by atoms with van der Waals surface area (Å²) >= 11 is 6.11. The van der Waals surface area contributed by atoms with Crippen molar-refractivity contribution in [3.8, 4) is 0 Å². The quantitative estimate of drug-likeness (QED) is 0.867. The number of carbonyl (C=O) groups is 1. The van der Waals surface area contributed by atoms with Crippen LogP contribution in [0.2, 0.25) is 5.02 Å². The molecule has 0 aliphatic carbocycles. The van der Waals surface area contributed by atoms with Gasteiger partial charge in [0, 0.05) is 37.6 Å². The molecule has 1 fully saturated rings. The van der Waals surface area contributed by atoms with Crippen LogP contribution >= 0.6 is 11.6 Å². The second kappa shape index (κ2) is 6.28. The first-order chi connectivity index (χ1) is 10.6. The number of nitrogen functional groups attached to an aromatic ring is 1. The third-order valence-corrected chi connectivity index (χ3v) is 4.26. The molecular formula is C17H18ClN3O. The molecule has 0 saturated carbocycles. The van der Waals surface area contributed by atoms with Gasteiger partial charge < -0.3 is 15.5 Å². The fraction of sp³-hybridized carbons (Fsp3) is 0.235. The molecule has 0 bridgehead atoms. The lowest BCUT2D eigenvalue weighted by molar-refractivity contribution is 0.0747. The number of halogens is 1. The standard InChI is InChI=1S/C17H18ClN3O/c18-16-4-2-1-3-15(16)17(22)21-11-9-20(10-12-21)14-7-5-13(19)6-8-14/h1-8H,9-12,19H2. The Kier molecular flexibility index (Phi) is 4.20. The van der Waals surface area contributed by atoms with Crippen molar-refractivity contribution < 1.29 is 4.79 Å². The van der Waals surface area contributed by atoms with Crippen LogP contribution in [-0.2, 0) is 0 Å². The van der Waals surface area contributed by atoms with Crippen LogP contribution in [0.15, 0.2) is 48.5 Å². The van der Waals surface area contributed by atoms with E-state index in [-0.39, 0.29) is 5.91 Å². The highest BCUT2D eigenvalue weighted by Crippen LogP contribution is 2.21. The Bertz CT molecular complexity index is 664. The first-order valence-corrected chi connectivity index (χ1v) is 7.67. The molecule has 5 heteroatoms. The summed E-state index contributed by atoms with van der Waals surface area (Å²) in [5.74, 6) is 0.00237. The highest BCUT2D eigenvalue weighted by Gasteiger charge is 2.23. The maximum atomic E-state index is 12.5. The summed E-state index contributed by atoms with van der Waals surface area (Å²) in [6.45, 7) is 2.99. The van der Waals surface area contributed by atoms with Crippen LogP contribution in [-0.4, -0.2) is 37.0 Å².